The number of nitrogens with zero attached hydrogens (tertiary/aromatic N) is 1. The number of amides is 1. The third-order valence-electron chi connectivity index (χ3n) is 4.35. The first-order chi connectivity index (χ1) is 12.6. The van der Waals surface area contributed by atoms with Crippen molar-refractivity contribution in [3.63, 3.8) is 0 Å². The number of hydrazone groups is 1. The first kappa shape index (κ1) is 16.1. The Bertz CT molecular complexity index is 1090. The molecule has 5 heteroatoms. The smallest absolute Gasteiger partial charge is 0.288 e. The summed E-state index contributed by atoms with van der Waals surface area (Å²) in [4.78, 5) is 15.8. The molecular weight excluding hydrogens is 326 g/mol. The molecule has 2 N–H and O–H groups in total. The van der Waals surface area contributed by atoms with Gasteiger partial charge in [0, 0.05) is 16.3 Å². The summed E-state index contributed by atoms with van der Waals surface area (Å²) >= 11 is 0. The van der Waals surface area contributed by atoms with Crippen LogP contribution in [-0.4, -0.2) is 17.1 Å². The summed E-state index contributed by atoms with van der Waals surface area (Å²) in [6, 6.07) is 17.5. The summed E-state index contributed by atoms with van der Waals surface area (Å²) in [5, 5.41) is 6.11. The topological polar surface area (TPSA) is 70.4 Å². The van der Waals surface area contributed by atoms with Crippen molar-refractivity contribution >= 4 is 34.0 Å². The van der Waals surface area contributed by atoms with E-state index in [1.165, 1.54) is 6.21 Å². The molecule has 0 aliphatic heterocycles. The van der Waals surface area contributed by atoms with E-state index in [1.807, 2.05) is 54.6 Å². The molecular formula is C21H19N3O2. The maximum atomic E-state index is 12.6. The third-order valence-corrected chi connectivity index (χ3v) is 4.35. The molecule has 0 atom stereocenters. The van der Waals surface area contributed by atoms with Crippen LogP contribution in [-0.2, 0) is 0 Å². The van der Waals surface area contributed by atoms with Crippen LogP contribution in [0.5, 0.6) is 0 Å². The van der Waals surface area contributed by atoms with Crippen LogP contribution in [0.25, 0.3) is 21.9 Å². The molecule has 0 aliphatic carbocycles. The van der Waals surface area contributed by atoms with E-state index in [0.29, 0.717) is 11.5 Å². The molecule has 0 unspecified atom stereocenters. The largest absolute Gasteiger partial charge is 0.455 e. The molecule has 130 valence electrons. The lowest BCUT2D eigenvalue weighted by Crippen LogP contribution is -2.19. The molecule has 4 aromatic rings. The summed E-state index contributed by atoms with van der Waals surface area (Å²) in [5.41, 5.74) is 5.87. The van der Waals surface area contributed by atoms with Crippen molar-refractivity contribution in [2.75, 3.05) is 0 Å². The van der Waals surface area contributed by atoms with Gasteiger partial charge in [0.25, 0.3) is 5.91 Å². The number of nitrogens with one attached hydrogen (secondary N) is 2. The lowest BCUT2D eigenvalue weighted by molar-refractivity contribution is 0.0949. The number of aromatic nitrogens is 1. The molecule has 0 saturated carbocycles. The monoisotopic (exact) mass is 345 g/mol. The Morgan fingerprint density at radius 3 is 2.73 bits per heavy atom. The summed E-state index contributed by atoms with van der Waals surface area (Å²) in [5.74, 6) is 0.538. The Labute approximate surface area is 150 Å². The zero-order chi connectivity index (χ0) is 18.1. The molecule has 0 fully saturated rings. The van der Waals surface area contributed by atoms with Gasteiger partial charge in [-0.15, -0.1) is 0 Å². The Morgan fingerprint density at radius 2 is 1.92 bits per heavy atom. The minimum Gasteiger partial charge on any atom is -0.455 e. The number of hydrogen-bond donors (Lipinski definition) is 2. The van der Waals surface area contributed by atoms with Gasteiger partial charge in [0.1, 0.15) is 17.0 Å². The molecule has 0 saturated heterocycles. The van der Waals surface area contributed by atoms with Crippen molar-refractivity contribution < 1.29 is 9.21 Å². The Morgan fingerprint density at radius 1 is 1.15 bits per heavy atom. The number of aromatic amines is 1. The molecule has 4 rings (SSSR count). The second-order valence-corrected chi connectivity index (χ2v) is 6.50. The SMILES string of the molecule is CC(C)c1c(C(=O)NN=Cc2cc3ccccc3o2)[nH]c2ccccc12. The molecule has 2 aromatic carbocycles. The van der Waals surface area contributed by atoms with E-state index in [2.05, 4.69) is 29.4 Å². The summed E-state index contributed by atoms with van der Waals surface area (Å²) in [6.45, 7) is 4.15. The first-order valence-electron chi connectivity index (χ1n) is 8.56. The maximum Gasteiger partial charge on any atom is 0.288 e. The summed E-state index contributed by atoms with van der Waals surface area (Å²) < 4.78 is 5.66. The van der Waals surface area contributed by atoms with Gasteiger partial charge in [0.15, 0.2) is 0 Å². The number of carbonyl (C=O) groups excluding carboxylic acids is 1. The van der Waals surface area contributed by atoms with Crippen LogP contribution in [0, 0.1) is 0 Å². The van der Waals surface area contributed by atoms with Crippen LogP contribution < -0.4 is 5.43 Å². The molecule has 2 heterocycles. The normalized spacial score (nSPS) is 11.8. The molecule has 2 aromatic heterocycles. The highest BCUT2D eigenvalue weighted by molar-refractivity contribution is 6.01. The van der Waals surface area contributed by atoms with Crippen LogP contribution >= 0.6 is 0 Å². The van der Waals surface area contributed by atoms with Gasteiger partial charge in [0.05, 0.1) is 6.21 Å². The van der Waals surface area contributed by atoms with Crippen LogP contribution in [0.1, 0.15) is 41.6 Å². The second kappa shape index (κ2) is 6.52. The van der Waals surface area contributed by atoms with Crippen molar-refractivity contribution in [3.8, 4) is 0 Å². The molecule has 5 nitrogen and oxygen atoms in total. The number of furan rings is 1. The van der Waals surface area contributed by atoms with E-state index in [1.54, 1.807) is 0 Å². The molecule has 0 radical (unpaired) electrons. The minimum absolute atomic E-state index is 0.214. The van der Waals surface area contributed by atoms with E-state index in [9.17, 15) is 4.79 Å². The van der Waals surface area contributed by atoms with Gasteiger partial charge in [-0.3, -0.25) is 4.79 Å². The number of para-hydroxylation sites is 2. The highest BCUT2D eigenvalue weighted by Crippen LogP contribution is 2.29. The lowest BCUT2D eigenvalue weighted by Gasteiger charge is -2.06. The average molecular weight is 345 g/mol. The predicted molar refractivity (Wildman–Crippen MR) is 104 cm³/mol. The quantitative estimate of drug-likeness (QED) is 0.412. The van der Waals surface area contributed by atoms with E-state index >= 15 is 0 Å². The fourth-order valence-electron chi connectivity index (χ4n) is 3.22. The van der Waals surface area contributed by atoms with E-state index < -0.39 is 0 Å². The zero-order valence-electron chi connectivity index (χ0n) is 14.6. The van der Waals surface area contributed by atoms with Crippen LogP contribution in [0.4, 0.5) is 0 Å². The molecule has 0 spiro atoms. The van der Waals surface area contributed by atoms with Gasteiger partial charge in [-0.05, 0) is 29.7 Å². The highest BCUT2D eigenvalue weighted by Gasteiger charge is 2.19. The van der Waals surface area contributed by atoms with Crippen LogP contribution in [0.2, 0.25) is 0 Å². The molecule has 1 amide bonds. The number of rotatable bonds is 4. The Hall–Kier alpha value is -3.34. The fourth-order valence-corrected chi connectivity index (χ4v) is 3.22. The van der Waals surface area contributed by atoms with Gasteiger partial charge in [0.2, 0.25) is 0 Å². The van der Waals surface area contributed by atoms with Crippen LogP contribution in [0.15, 0.2) is 64.1 Å². The first-order valence-corrected chi connectivity index (χ1v) is 8.56. The summed E-state index contributed by atoms with van der Waals surface area (Å²) in [6.07, 6.45) is 1.51. The lowest BCUT2D eigenvalue weighted by atomic mass is 9.99. The second-order valence-electron chi connectivity index (χ2n) is 6.50. The number of fused-ring (bicyclic) bond motifs is 2. The van der Waals surface area contributed by atoms with Gasteiger partial charge >= 0.3 is 0 Å². The summed E-state index contributed by atoms with van der Waals surface area (Å²) in [7, 11) is 0. The minimum atomic E-state index is -0.266. The van der Waals surface area contributed by atoms with Crippen molar-refractivity contribution in [1.82, 2.24) is 10.4 Å². The van der Waals surface area contributed by atoms with E-state index in [-0.39, 0.29) is 11.8 Å². The maximum absolute atomic E-state index is 12.6. The average Bonchev–Trinajstić information content (AvgIpc) is 3.22. The number of H-pyrrole nitrogens is 1. The van der Waals surface area contributed by atoms with Gasteiger partial charge < -0.3 is 9.40 Å². The van der Waals surface area contributed by atoms with Crippen molar-refractivity contribution in [2.45, 2.75) is 19.8 Å². The number of benzene rings is 2. The molecule has 0 aliphatic rings. The van der Waals surface area contributed by atoms with E-state index in [4.69, 9.17) is 4.42 Å². The van der Waals surface area contributed by atoms with Crippen molar-refractivity contribution in [3.05, 3.63) is 71.6 Å². The van der Waals surface area contributed by atoms with Gasteiger partial charge in [-0.25, -0.2) is 5.43 Å². The van der Waals surface area contributed by atoms with Crippen molar-refractivity contribution in [1.29, 1.82) is 0 Å². The number of hydrogen-bond acceptors (Lipinski definition) is 3. The zero-order valence-corrected chi connectivity index (χ0v) is 14.6. The Balaban J connectivity index is 1.58. The van der Waals surface area contributed by atoms with E-state index in [0.717, 1.165) is 27.4 Å². The molecule has 0 bridgehead atoms. The Kier molecular flexibility index (Phi) is 4.05. The molecule has 26 heavy (non-hydrogen) atoms. The van der Waals surface area contributed by atoms with Crippen LogP contribution in [0.3, 0.4) is 0 Å². The fraction of sp³-hybridized carbons (Fsp3) is 0.143. The standard InChI is InChI=1S/C21H19N3O2/c1-13(2)19-16-8-4-5-9-17(16)23-20(19)21(25)24-22-12-15-11-14-7-3-6-10-18(14)26-15/h3-13,23H,1-2H3,(H,24,25). The van der Waals surface area contributed by atoms with Gasteiger partial charge in [-0.1, -0.05) is 50.2 Å². The third kappa shape index (κ3) is 2.88. The number of carbonyl (C=O) groups is 1. The highest BCUT2D eigenvalue weighted by atomic mass is 16.3. The van der Waals surface area contributed by atoms with Crippen molar-refractivity contribution in [2.24, 2.45) is 5.10 Å². The predicted octanol–water partition coefficient (Wildman–Crippen LogP) is 4.80. The van der Waals surface area contributed by atoms with Gasteiger partial charge in [-0.2, -0.15) is 5.10 Å².